The lowest BCUT2D eigenvalue weighted by molar-refractivity contribution is 0.468. The monoisotopic (exact) mass is 161 g/mol. The molecule has 1 aromatic heterocycles. The topological polar surface area (TPSA) is 12.9 Å². The first-order valence-corrected chi connectivity index (χ1v) is 4.75. The van der Waals surface area contributed by atoms with Crippen molar-refractivity contribution in [1.82, 2.24) is 4.98 Å². The lowest BCUT2D eigenvalue weighted by Gasteiger charge is -2.12. The van der Waals surface area contributed by atoms with Gasteiger partial charge in [-0.2, -0.15) is 0 Å². The molecule has 0 saturated heterocycles. The summed E-state index contributed by atoms with van der Waals surface area (Å²) in [5, 5.41) is 0. The van der Waals surface area contributed by atoms with Crippen LogP contribution in [0.3, 0.4) is 0 Å². The van der Waals surface area contributed by atoms with E-state index in [0.29, 0.717) is 0 Å². The molecule has 12 heavy (non-hydrogen) atoms. The standard InChI is InChI=1S/C11H15N/c1-3-9-6-10-7-12-5-4-11(10)8(9)2/h4-5,7-9H,3,6H2,1-2H3. The van der Waals surface area contributed by atoms with Crippen molar-refractivity contribution < 1.29 is 0 Å². The summed E-state index contributed by atoms with van der Waals surface area (Å²) in [4.78, 5) is 4.16. The van der Waals surface area contributed by atoms with Crippen LogP contribution in [0.1, 0.15) is 37.3 Å². The molecule has 0 N–H and O–H groups in total. The van der Waals surface area contributed by atoms with E-state index in [1.54, 1.807) is 0 Å². The summed E-state index contributed by atoms with van der Waals surface area (Å²) < 4.78 is 0. The first-order valence-electron chi connectivity index (χ1n) is 4.75. The molecule has 2 rings (SSSR count). The molecule has 0 bridgehead atoms. The lowest BCUT2D eigenvalue weighted by Crippen LogP contribution is -2.01. The zero-order chi connectivity index (χ0) is 8.55. The minimum atomic E-state index is 0.744. The first kappa shape index (κ1) is 7.78. The van der Waals surface area contributed by atoms with E-state index in [1.807, 2.05) is 12.4 Å². The quantitative estimate of drug-likeness (QED) is 0.617. The van der Waals surface area contributed by atoms with E-state index in [0.717, 1.165) is 11.8 Å². The Bertz CT molecular complexity index is 280. The van der Waals surface area contributed by atoms with Crippen LogP contribution < -0.4 is 0 Å². The highest BCUT2D eigenvalue weighted by Gasteiger charge is 2.27. The fourth-order valence-electron chi connectivity index (χ4n) is 2.26. The van der Waals surface area contributed by atoms with Gasteiger partial charge in [0.05, 0.1) is 0 Å². The Morgan fingerprint density at radius 1 is 1.58 bits per heavy atom. The molecule has 0 saturated carbocycles. The van der Waals surface area contributed by atoms with Crippen molar-refractivity contribution in [3.05, 3.63) is 29.6 Å². The van der Waals surface area contributed by atoms with Crippen molar-refractivity contribution in [2.45, 2.75) is 32.6 Å². The zero-order valence-electron chi connectivity index (χ0n) is 7.75. The van der Waals surface area contributed by atoms with Crippen molar-refractivity contribution in [2.24, 2.45) is 5.92 Å². The highest BCUT2D eigenvalue weighted by atomic mass is 14.6. The normalized spacial score (nSPS) is 27.2. The summed E-state index contributed by atoms with van der Waals surface area (Å²) in [6.07, 6.45) is 6.46. The molecule has 1 aliphatic carbocycles. The fraction of sp³-hybridized carbons (Fsp3) is 0.545. The zero-order valence-corrected chi connectivity index (χ0v) is 7.75. The molecule has 1 heterocycles. The summed E-state index contributed by atoms with van der Waals surface area (Å²) in [6.45, 7) is 4.61. The summed E-state index contributed by atoms with van der Waals surface area (Å²) in [6, 6.07) is 2.18. The van der Waals surface area contributed by atoms with Crippen molar-refractivity contribution >= 4 is 0 Å². The Kier molecular flexibility index (Phi) is 1.87. The largest absolute Gasteiger partial charge is 0.264 e. The smallest absolute Gasteiger partial charge is 0.0302 e. The number of fused-ring (bicyclic) bond motifs is 1. The second-order valence-electron chi connectivity index (χ2n) is 3.74. The molecule has 1 aliphatic rings. The predicted octanol–water partition coefficient (Wildman–Crippen LogP) is 2.77. The molecule has 0 aliphatic heterocycles. The first-order chi connectivity index (χ1) is 5.83. The minimum absolute atomic E-state index is 0.744. The van der Waals surface area contributed by atoms with Gasteiger partial charge >= 0.3 is 0 Å². The third kappa shape index (κ3) is 1.04. The Morgan fingerprint density at radius 3 is 3.08 bits per heavy atom. The minimum Gasteiger partial charge on any atom is -0.264 e. The van der Waals surface area contributed by atoms with Gasteiger partial charge in [-0.25, -0.2) is 0 Å². The van der Waals surface area contributed by atoms with Crippen LogP contribution >= 0.6 is 0 Å². The Morgan fingerprint density at radius 2 is 2.42 bits per heavy atom. The molecule has 0 radical (unpaired) electrons. The van der Waals surface area contributed by atoms with E-state index in [4.69, 9.17) is 0 Å². The Hall–Kier alpha value is -0.850. The number of aromatic nitrogens is 1. The van der Waals surface area contributed by atoms with E-state index in [2.05, 4.69) is 24.9 Å². The van der Waals surface area contributed by atoms with E-state index < -0.39 is 0 Å². The van der Waals surface area contributed by atoms with Crippen molar-refractivity contribution in [1.29, 1.82) is 0 Å². The van der Waals surface area contributed by atoms with E-state index in [-0.39, 0.29) is 0 Å². The van der Waals surface area contributed by atoms with E-state index in [1.165, 1.54) is 24.0 Å². The van der Waals surface area contributed by atoms with Crippen LogP contribution in [0, 0.1) is 5.92 Å². The predicted molar refractivity (Wildman–Crippen MR) is 50.1 cm³/mol. The van der Waals surface area contributed by atoms with Crippen LogP contribution in [-0.2, 0) is 6.42 Å². The molecule has 1 heteroatoms. The molecule has 1 aromatic rings. The second kappa shape index (κ2) is 2.89. The summed E-state index contributed by atoms with van der Waals surface area (Å²) in [7, 11) is 0. The fourth-order valence-corrected chi connectivity index (χ4v) is 2.26. The highest BCUT2D eigenvalue weighted by molar-refractivity contribution is 5.32. The molecule has 2 atom stereocenters. The molecule has 0 spiro atoms. The summed E-state index contributed by atoms with van der Waals surface area (Å²) >= 11 is 0. The van der Waals surface area contributed by atoms with Crippen LogP contribution in [0.2, 0.25) is 0 Å². The molecule has 2 unspecified atom stereocenters. The van der Waals surface area contributed by atoms with Gasteiger partial charge in [-0.1, -0.05) is 20.3 Å². The highest BCUT2D eigenvalue weighted by Crippen LogP contribution is 2.38. The number of hydrogen-bond acceptors (Lipinski definition) is 1. The summed E-state index contributed by atoms with van der Waals surface area (Å²) in [5.74, 6) is 1.59. The molecule has 1 nitrogen and oxygen atoms in total. The van der Waals surface area contributed by atoms with Crippen LogP contribution in [0.25, 0.3) is 0 Å². The third-order valence-electron chi connectivity index (χ3n) is 3.15. The molecule has 0 fully saturated rings. The number of hydrogen-bond donors (Lipinski definition) is 0. The van der Waals surface area contributed by atoms with Gasteiger partial charge in [0.2, 0.25) is 0 Å². The van der Waals surface area contributed by atoms with Gasteiger partial charge in [0.25, 0.3) is 0 Å². The third-order valence-corrected chi connectivity index (χ3v) is 3.15. The van der Waals surface area contributed by atoms with Crippen LogP contribution in [0.5, 0.6) is 0 Å². The average molecular weight is 161 g/mol. The maximum atomic E-state index is 4.16. The van der Waals surface area contributed by atoms with Gasteiger partial charge in [0, 0.05) is 12.4 Å². The van der Waals surface area contributed by atoms with Gasteiger partial charge in [-0.3, -0.25) is 4.98 Å². The molecular weight excluding hydrogens is 146 g/mol. The summed E-state index contributed by atoms with van der Waals surface area (Å²) in [5.41, 5.74) is 2.99. The SMILES string of the molecule is CCC1Cc2cnccc2C1C. The van der Waals surface area contributed by atoms with E-state index >= 15 is 0 Å². The van der Waals surface area contributed by atoms with Gasteiger partial charge in [-0.15, -0.1) is 0 Å². The van der Waals surface area contributed by atoms with Gasteiger partial charge < -0.3 is 0 Å². The van der Waals surface area contributed by atoms with Gasteiger partial charge in [0.15, 0.2) is 0 Å². The maximum absolute atomic E-state index is 4.16. The van der Waals surface area contributed by atoms with E-state index in [9.17, 15) is 0 Å². The number of rotatable bonds is 1. The van der Waals surface area contributed by atoms with Crippen LogP contribution in [0.4, 0.5) is 0 Å². The molecule has 0 aromatic carbocycles. The van der Waals surface area contributed by atoms with Crippen molar-refractivity contribution in [3.63, 3.8) is 0 Å². The Labute approximate surface area is 73.8 Å². The van der Waals surface area contributed by atoms with Crippen molar-refractivity contribution in [2.75, 3.05) is 0 Å². The van der Waals surface area contributed by atoms with Crippen LogP contribution in [-0.4, -0.2) is 4.98 Å². The van der Waals surface area contributed by atoms with Crippen molar-refractivity contribution in [3.8, 4) is 0 Å². The molecular formula is C11H15N. The second-order valence-corrected chi connectivity index (χ2v) is 3.74. The Balaban J connectivity index is 2.35. The molecule has 64 valence electrons. The van der Waals surface area contributed by atoms with Gasteiger partial charge in [0.1, 0.15) is 0 Å². The number of pyridine rings is 1. The van der Waals surface area contributed by atoms with Gasteiger partial charge in [-0.05, 0) is 35.4 Å². The van der Waals surface area contributed by atoms with Crippen LogP contribution in [0.15, 0.2) is 18.5 Å². The lowest BCUT2D eigenvalue weighted by atomic mass is 9.93. The maximum Gasteiger partial charge on any atom is 0.0302 e. The average Bonchev–Trinajstić information content (AvgIpc) is 2.44. The molecule has 0 amide bonds. The number of nitrogens with zero attached hydrogens (tertiary/aromatic N) is 1.